The molecule has 0 aliphatic heterocycles. The van der Waals surface area contributed by atoms with E-state index in [0.29, 0.717) is 12.3 Å². The molecule has 0 bridgehead atoms. The lowest BCUT2D eigenvalue weighted by atomic mass is 10.1. The number of nitrogens with zero attached hydrogens (tertiary/aromatic N) is 2. The van der Waals surface area contributed by atoms with E-state index in [1.54, 1.807) is 30.5 Å². The number of aromatic nitrogens is 2. The molecule has 3 aromatic rings. The van der Waals surface area contributed by atoms with Crippen LogP contribution in [0.4, 0.5) is 0 Å². The molecule has 138 valence electrons. The Morgan fingerprint density at radius 3 is 2.70 bits per heavy atom. The lowest BCUT2D eigenvalue weighted by Gasteiger charge is -2.08. The molecule has 27 heavy (non-hydrogen) atoms. The third-order valence-corrected chi connectivity index (χ3v) is 3.64. The number of rotatable bonds is 7. The number of carbonyl (C=O) groups is 1. The molecule has 7 heteroatoms. The quantitative estimate of drug-likeness (QED) is 0.625. The van der Waals surface area contributed by atoms with Crippen molar-refractivity contribution in [3.05, 3.63) is 72.2 Å². The molecule has 2 aromatic carbocycles. The summed E-state index contributed by atoms with van der Waals surface area (Å²) in [4.78, 5) is 25.8. The van der Waals surface area contributed by atoms with E-state index in [4.69, 9.17) is 9.57 Å². The molecule has 0 atom stereocenters. The van der Waals surface area contributed by atoms with Gasteiger partial charge in [-0.1, -0.05) is 12.1 Å². The standard InChI is InChI=1S/C20H19N3O4/c1-2-26-17-8-6-15(7-9-17)18-11-21-12-19(22-18)20(25)23-27-13-14-4-3-5-16(24)10-14/h3-12,24H,2,13H2,1H3,(H,23,25). The molecule has 1 aromatic heterocycles. The van der Waals surface area contributed by atoms with E-state index >= 15 is 0 Å². The first-order valence-corrected chi connectivity index (χ1v) is 8.41. The third kappa shape index (κ3) is 5.02. The van der Waals surface area contributed by atoms with E-state index in [2.05, 4.69) is 15.4 Å². The van der Waals surface area contributed by atoms with Crippen LogP contribution < -0.4 is 10.2 Å². The maximum absolute atomic E-state index is 12.2. The highest BCUT2D eigenvalue weighted by Crippen LogP contribution is 2.20. The SMILES string of the molecule is CCOc1ccc(-c2cncc(C(=O)NOCc3cccc(O)c3)n2)cc1. The maximum Gasteiger partial charge on any atom is 0.295 e. The van der Waals surface area contributed by atoms with Crippen LogP contribution in [0.1, 0.15) is 23.0 Å². The van der Waals surface area contributed by atoms with Gasteiger partial charge in [-0.05, 0) is 48.9 Å². The fourth-order valence-electron chi connectivity index (χ4n) is 2.39. The Balaban J connectivity index is 1.63. The van der Waals surface area contributed by atoms with E-state index in [9.17, 15) is 9.90 Å². The molecule has 1 amide bonds. The molecule has 0 aliphatic rings. The molecule has 0 fully saturated rings. The van der Waals surface area contributed by atoms with Gasteiger partial charge in [-0.3, -0.25) is 14.6 Å². The topological polar surface area (TPSA) is 93.6 Å². The zero-order chi connectivity index (χ0) is 19.1. The van der Waals surface area contributed by atoms with Crippen molar-refractivity contribution >= 4 is 5.91 Å². The molecular formula is C20H19N3O4. The zero-order valence-electron chi connectivity index (χ0n) is 14.8. The van der Waals surface area contributed by atoms with Gasteiger partial charge in [0.25, 0.3) is 5.91 Å². The number of nitrogens with one attached hydrogen (secondary N) is 1. The second-order valence-corrected chi connectivity index (χ2v) is 5.64. The van der Waals surface area contributed by atoms with Gasteiger partial charge in [0, 0.05) is 5.56 Å². The first-order chi connectivity index (χ1) is 13.2. The second-order valence-electron chi connectivity index (χ2n) is 5.64. The minimum Gasteiger partial charge on any atom is -0.508 e. The molecule has 0 saturated heterocycles. The lowest BCUT2D eigenvalue weighted by molar-refractivity contribution is 0.0229. The summed E-state index contributed by atoms with van der Waals surface area (Å²) in [5, 5.41) is 9.42. The summed E-state index contributed by atoms with van der Waals surface area (Å²) in [6, 6.07) is 14.0. The van der Waals surface area contributed by atoms with Crippen LogP contribution in [0.25, 0.3) is 11.3 Å². The fourth-order valence-corrected chi connectivity index (χ4v) is 2.39. The summed E-state index contributed by atoms with van der Waals surface area (Å²) in [6.45, 7) is 2.63. The Morgan fingerprint density at radius 2 is 1.96 bits per heavy atom. The van der Waals surface area contributed by atoms with Gasteiger partial charge in [0.1, 0.15) is 17.2 Å². The van der Waals surface area contributed by atoms with E-state index in [1.807, 2.05) is 31.2 Å². The number of phenolic OH excluding ortho intramolecular Hbond substituents is 1. The van der Waals surface area contributed by atoms with Crippen LogP contribution in [0.5, 0.6) is 11.5 Å². The van der Waals surface area contributed by atoms with Crippen molar-refractivity contribution in [1.82, 2.24) is 15.4 Å². The monoisotopic (exact) mass is 365 g/mol. The first-order valence-electron chi connectivity index (χ1n) is 8.41. The van der Waals surface area contributed by atoms with Crippen LogP contribution in [0.2, 0.25) is 0 Å². The van der Waals surface area contributed by atoms with E-state index < -0.39 is 5.91 Å². The normalized spacial score (nSPS) is 10.4. The zero-order valence-corrected chi connectivity index (χ0v) is 14.8. The second kappa shape index (κ2) is 8.77. The number of ether oxygens (including phenoxy) is 1. The van der Waals surface area contributed by atoms with E-state index in [1.165, 1.54) is 6.20 Å². The fraction of sp³-hybridized carbons (Fsp3) is 0.150. The summed E-state index contributed by atoms with van der Waals surface area (Å²) in [7, 11) is 0. The first kappa shape index (κ1) is 18.3. The minimum absolute atomic E-state index is 0.117. The van der Waals surface area contributed by atoms with Crippen molar-refractivity contribution in [2.75, 3.05) is 6.61 Å². The molecule has 1 heterocycles. The van der Waals surface area contributed by atoms with Crippen LogP contribution in [0.3, 0.4) is 0 Å². The molecule has 0 spiro atoms. The predicted molar refractivity (Wildman–Crippen MR) is 99.0 cm³/mol. The molecule has 0 aliphatic carbocycles. The van der Waals surface area contributed by atoms with Gasteiger partial charge in [0.2, 0.25) is 0 Å². The van der Waals surface area contributed by atoms with Crippen LogP contribution in [-0.2, 0) is 11.4 Å². The third-order valence-electron chi connectivity index (χ3n) is 3.64. The molecular weight excluding hydrogens is 346 g/mol. The number of hydrogen-bond donors (Lipinski definition) is 2. The highest BCUT2D eigenvalue weighted by Gasteiger charge is 2.10. The average Bonchev–Trinajstić information content (AvgIpc) is 2.69. The van der Waals surface area contributed by atoms with Crippen molar-refractivity contribution < 1.29 is 19.5 Å². The van der Waals surface area contributed by atoms with Crippen LogP contribution in [-0.4, -0.2) is 27.6 Å². The van der Waals surface area contributed by atoms with Crippen molar-refractivity contribution in [2.24, 2.45) is 0 Å². The number of phenols is 1. The van der Waals surface area contributed by atoms with E-state index in [-0.39, 0.29) is 18.1 Å². The van der Waals surface area contributed by atoms with Gasteiger partial charge in [-0.2, -0.15) is 0 Å². The largest absolute Gasteiger partial charge is 0.508 e. The Morgan fingerprint density at radius 1 is 1.15 bits per heavy atom. The van der Waals surface area contributed by atoms with Crippen molar-refractivity contribution in [2.45, 2.75) is 13.5 Å². The molecule has 3 rings (SSSR count). The summed E-state index contributed by atoms with van der Waals surface area (Å²) in [5.74, 6) is 0.398. The van der Waals surface area contributed by atoms with Gasteiger partial charge in [-0.15, -0.1) is 0 Å². The van der Waals surface area contributed by atoms with Crippen LogP contribution in [0, 0.1) is 0 Å². The van der Waals surface area contributed by atoms with Gasteiger partial charge in [0.05, 0.1) is 31.3 Å². The predicted octanol–water partition coefficient (Wildman–Crippen LogP) is 3.11. The van der Waals surface area contributed by atoms with Gasteiger partial charge in [0.15, 0.2) is 0 Å². The summed E-state index contributed by atoms with van der Waals surface area (Å²) in [6.07, 6.45) is 2.95. The number of carbonyl (C=O) groups excluding carboxylic acids is 1. The van der Waals surface area contributed by atoms with Crippen molar-refractivity contribution in [1.29, 1.82) is 0 Å². The van der Waals surface area contributed by atoms with Crippen molar-refractivity contribution in [3.8, 4) is 22.8 Å². The van der Waals surface area contributed by atoms with Gasteiger partial charge < -0.3 is 9.84 Å². The number of aromatic hydroxyl groups is 1. The Bertz CT molecular complexity index is 913. The Kier molecular flexibility index (Phi) is 5.96. The Hall–Kier alpha value is -3.45. The molecule has 0 saturated carbocycles. The van der Waals surface area contributed by atoms with E-state index in [0.717, 1.165) is 16.9 Å². The summed E-state index contributed by atoms with van der Waals surface area (Å²) >= 11 is 0. The number of hydroxylamine groups is 1. The Labute approximate surface area is 156 Å². The number of benzene rings is 2. The minimum atomic E-state index is -0.504. The molecule has 7 nitrogen and oxygen atoms in total. The van der Waals surface area contributed by atoms with Gasteiger partial charge >= 0.3 is 0 Å². The van der Waals surface area contributed by atoms with Crippen LogP contribution >= 0.6 is 0 Å². The summed E-state index contributed by atoms with van der Waals surface area (Å²) in [5.41, 5.74) is 4.58. The maximum atomic E-state index is 12.2. The number of amides is 1. The highest BCUT2D eigenvalue weighted by molar-refractivity contribution is 5.91. The molecule has 0 unspecified atom stereocenters. The molecule has 2 N–H and O–H groups in total. The van der Waals surface area contributed by atoms with Crippen molar-refractivity contribution in [3.63, 3.8) is 0 Å². The lowest BCUT2D eigenvalue weighted by Crippen LogP contribution is -2.24. The number of hydrogen-bond acceptors (Lipinski definition) is 6. The smallest absolute Gasteiger partial charge is 0.295 e. The summed E-state index contributed by atoms with van der Waals surface area (Å²) < 4.78 is 5.41. The average molecular weight is 365 g/mol. The molecule has 0 radical (unpaired) electrons. The van der Waals surface area contributed by atoms with Gasteiger partial charge in [-0.25, -0.2) is 10.5 Å². The highest BCUT2D eigenvalue weighted by atomic mass is 16.6. The van der Waals surface area contributed by atoms with Crippen LogP contribution in [0.15, 0.2) is 60.9 Å².